The highest BCUT2D eigenvalue weighted by Crippen LogP contribution is 2.15. The Morgan fingerprint density at radius 3 is 2.36 bits per heavy atom. The molecule has 6 nitrogen and oxygen atoms in total. The molecule has 0 radical (unpaired) electrons. The van der Waals surface area contributed by atoms with Crippen LogP contribution in [-0.2, 0) is 11.2 Å². The Labute approximate surface area is 146 Å². The lowest BCUT2D eigenvalue weighted by Gasteiger charge is -2.16. The highest BCUT2D eigenvalue weighted by molar-refractivity contribution is 5.92. The van der Waals surface area contributed by atoms with Crippen LogP contribution in [0.5, 0.6) is 0 Å². The van der Waals surface area contributed by atoms with Crippen molar-refractivity contribution >= 4 is 17.7 Å². The van der Waals surface area contributed by atoms with Crippen LogP contribution in [0.1, 0.15) is 29.7 Å². The molecule has 0 aliphatic heterocycles. The van der Waals surface area contributed by atoms with E-state index in [1.54, 1.807) is 18.2 Å². The van der Waals surface area contributed by atoms with Crippen LogP contribution in [0.2, 0.25) is 0 Å². The zero-order chi connectivity index (χ0) is 18.2. The summed E-state index contributed by atoms with van der Waals surface area (Å²) in [6, 6.07) is 13.1. The summed E-state index contributed by atoms with van der Waals surface area (Å²) in [7, 11) is 0. The molecular formula is C19H20N2O4. The molecule has 0 aromatic heterocycles. The minimum absolute atomic E-state index is 0.00234. The Balaban J connectivity index is 2.00. The molecule has 0 aliphatic carbocycles. The SMILES string of the molecule is CCc1ccc(C(CO)NC(=O)/C=C/c2ccc([N+](=O)[O-])cc2)cc1. The predicted molar refractivity (Wildman–Crippen MR) is 95.9 cm³/mol. The number of nitrogens with one attached hydrogen (secondary N) is 1. The van der Waals surface area contributed by atoms with Crippen LogP contribution in [0.3, 0.4) is 0 Å². The third-order valence-electron chi connectivity index (χ3n) is 3.82. The Hall–Kier alpha value is -2.99. The molecule has 1 amide bonds. The van der Waals surface area contributed by atoms with E-state index in [0.29, 0.717) is 5.56 Å². The molecule has 25 heavy (non-hydrogen) atoms. The molecule has 2 aromatic rings. The second-order valence-electron chi connectivity index (χ2n) is 5.52. The number of nitro groups is 1. The van der Waals surface area contributed by atoms with E-state index < -0.39 is 11.0 Å². The maximum atomic E-state index is 12.0. The van der Waals surface area contributed by atoms with Crippen LogP contribution in [0, 0.1) is 10.1 Å². The number of aliphatic hydroxyl groups is 1. The maximum Gasteiger partial charge on any atom is 0.269 e. The lowest BCUT2D eigenvalue weighted by Crippen LogP contribution is -2.29. The van der Waals surface area contributed by atoms with E-state index in [2.05, 4.69) is 12.2 Å². The third-order valence-corrected chi connectivity index (χ3v) is 3.82. The van der Waals surface area contributed by atoms with Gasteiger partial charge in [-0.15, -0.1) is 0 Å². The fourth-order valence-electron chi connectivity index (χ4n) is 2.32. The highest BCUT2D eigenvalue weighted by Gasteiger charge is 2.12. The number of carbonyl (C=O) groups is 1. The van der Waals surface area contributed by atoms with Gasteiger partial charge >= 0.3 is 0 Å². The standard InChI is InChI=1S/C19H20N2O4/c1-2-14-3-8-16(9-4-14)18(13-22)20-19(23)12-7-15-5-10-17(11-6-15)21(24)25/h3-12,18,22H,2,13H2,1H3,(H,20,23)/b12-7+. The van der Waals surface area contributed by atoms with Gasteiger partial charge in [-0.25, -0.2) is 0 Å². The van der Waals surface area contributed by atoms with Gasteiger partial charge in [0.1, 0.15) is 0 Å². The van der Waals surface area contributed by atoms with E-state index in [-0.39, 0.29) is 18.2 Å². The van der Waals surface area contributed by atoms with E-state index in [1.807, 2.05) is 24.3 Å². The van der Waals surface area contributed by atoms with Crippen LogP contribution < -0.4 is 5.32 Å². The van der Waals surface area contributed by atoms with Crippen LogP contribution in [0.25, 0.3) is 6.08 Å². The van der Waals surface area contributed by atoms with Crippen molar-refractivity contribution in [2.45, 2.75) is 19.4 Å². The van der Waals surface area contributed by atoms with Crippen molar-refractivity contribution in [1.29, 1.82) is 0 Å². The van der Waals surface area contributed by atoms with E-state index in [4.69, 9.17) is 0 Å². The minimum atomic E-state index is -0.486. The maximum absolute atomic E-state index is 12.0. The average molecular weight is 340 g/mol. The van der Waals surface area contributed by atoms with Gasteiger partial charge in [-0.1, -0.05) is 31.2 Å². The molecule has 0 heterocycles. The molecule has 0 saturated carbocycles. The highest BCUT2D eigenvalue weighted by atomic mass is 16.6. The van der Waals surface area contributed by atoms with Gasteiger partial charge in [0, 0.05) is 18.2 Å². The van der Waals surface area contributed by atoms with Crippen molar-refractivity contribution in [3.8, 4) is 0 Å². The van der Waals surface area contributed by atoms with E-state index >= 15 is 0 Å². The monoisotopic (exact) mass is 340 g/mol. The Morgan fingerprint density at radius 1 is 1.20 bits per heavy atom. The van der Waals surface area contributed by atoms with Gasteiger partial charge in [-0.05, 0) is 41.3 Å². The number of hydrogen-bond acceptors (Lipinski definition) is 4. The molecule has 0 saturated heterocycles. The fourth-order valence-corrected chi connectivity index (χ4v) is 2.32. The van der Waals surface area contributed by atoms with Crippen molar-refractivity contribution < 1.29 is 14.8 Å². The molecule has 130 valence electrons. The van der Waals surface area contributed by atoms with Gasteiger partial charge in [-0.2, -0.15) is 0 Å². The molecule has 0 fully saturated rings. The number of nitro benzene ring substituents is 1. The zero-order valence-electron chi connectivity index (χ0n) is 13.9. The molecule has 0 bridgehead atoms. The van der Waals surface area contributed by atoms with Crippen molar-refractivity contribution in [2.75, 3.05) is 6.61 Å². The number of nitrogens with zero attached hydrogens (tertiary/aromatic N) is 1. The molecule has 2 aromatic carbocycles. The summed E-state index contributed by atoms with van der Waals surface area (Å²) in [5.41, 5.74) is 2.69. The van der Waals surface area contributed by atoms with Crippen LogP contribution in [-0.4, -0.2) is 22.5 Å². The van der Waals surface area contributed by atoms with Gasteiger partial charge < -0.3 is 10.4 Å². The summed E-state index contributed by atoms with van der Waals surface area (Å²) >= 11 is 0. The van der Waals surface area contributed by atoms with Gasteiger partial charge in [0.05, 0.1) is 17.6 Å². The van der Waals surface area contributed by atoms with Crippen molar-refractivity contribution in [3.05, 3.63) is 81.4 Å². The second-order valence-corrected chi connectivity index (χ2v) is 5.52. The van der Waals surface area contributed by atoms with Crippen LogP contribution in [0.4, 0.5) is 5.69 Å². The average Bonchev–Trinajstić information content (AvgIpc) is 2.65. The topological polar surface area (TPSA) is 92.5 Å². The van der Waals surface area contributed by atoms with Gasteiger partial charge in [0.25, 0.3) is 5.69 Å². The quantitative estimate of drug-likeness (QED) is 0.460. The lowest BCUT2D eigenvalue weighted by molar-refractivity contribution is -0.384. The van der Waals surface area contributed by atoms with Crippen LogP contribution in [0.15, 0.2) is 54.6 Å². The van der Waals surface area contributed by atoms with Crippen molar-refractivity contribution in [1.82, 2.24) is 5.32 Å². The third kappa shape index (κ3) is 5.26. The molecule has 0 spiro atoms. The molecule has 1 atom stereocenters. The largest absolute Gasteiger partial charge is 0.394 e. The summed E-state index contributed by atoms with van der Waals surface area (Å²) < 4.78 is 0. The normalized spacial score (nSPS) is 12.1. The van der Waals surface area contributed by atoms with E-state index in [1.165, 1.54) is 23.8 Å². The van der Waals surface area contributed by atoms with E-state index in [0.717, 1.165) is 12.0 Å². The molecule has 2 N–H and O–H groups in total. The van der Waals surface area contributed by atoms with Gasteiger partial charge in [0.15, 0.2) is 0 Å². The number of aliphatic hydroxyl groups excluding tert-OH is 1. The number of aryl methyl sites for hydroxylation is 1. The summed E-state index contributed by atoms with van der Waals surface area (Å²) in [5.74, 6) is -0.350. The summed E-state index contributed by atoms with van der Waals surface area (Å²) in [6.07, 6.45) is 3.83. The van der Waals surface area contributed by atoms with Crippen LogP contribution >= 0.6 is 0 Å². The smallest absolute Gasteiger partial charge is 0.269 e. The fraction of sp³-hybridized carbons (Fsp3) is 0.211. The van der Waals surface area contributed by atoms with E-state index in [9.17, 15) is 20.0 Å². The van der Waals surface area contributed by atoms with Gasteiger partial charge in [0.2, 0.25) is 5.91 Å². The Bertz CT molecular complexity index is 752. The van der Waals surface area contributed by atoms with Crippen molar-refractivity contribution in [3.63, 3.8) is 0 Å². The molecule has 1 unspecified atom stereocenters. The molecule has 2 rings (SSSR count). The molecule has 0 aliphatic rings. The first-order chi connectivity index (χ1) is 12.0. The molecule has 6 heteroatoms. The Morgan fingerprint density at radius 2 is 1.84 bits per heavy atom. The molecular weight excluding hydrogens is 320 g/mol. The Kier molecular flexibility index (Phi) is 6.42. The number of benzene rings is 2. The minimum Gasteiger partial charge on any atom is -0.394 e. The summed E-state index contributed by atoms with van der Waals surface area (Å²) in [6.45, 7) is 1.85. The summed E-state index contributed by atoms with van der Waals surface area (Å²) in [5, 5.41) is 22.9. The number of amides is 1. The summed E-state index contributed by atoms with van der Waals surface area (Å²) in [4.78, 5) is 22.2. The first-order valence-electron chi connectivity index (χ1n) is 7.96. The van der Waals surface area contributed by atoms with Gasteiger partial charge in [-0.3, -0.25) is 14.9 Å². The number of non-ortho nitro benzene ring substituents is 1. The number of rotatable bonds is 7. The number of carbonyl (C=O) groups excluding carboxylic acids is 1. The lowest BCUT2D eigenvalue weighted by atomic mass is 10.0. The zero-order valence-corrected chi connectivity index (χ0v) is 13.9. The van der Waals surface area contributed by atoms with Crippen molar-refractivity contribution in [2.24, 2.45) is 0 Å². The number of hydrogen-bond donors (Lipinski definition) is 2. The first kappa shape index (κ1) is 18.4. The predicted octanol–water partition coefficient (Wildman–Crippen LogP) is 3.02. The first-order valence-corrected chi connectivity index (χ1v) is 7.96. The second kappa shape index (κ2) is 8.75.